The molecular weight excluding hydrogens is 932 g/mol. The SMILES string of the molecule is [Pt].[c-]1c(Oc2[c-]c3c(cc2)c2ccccc2n3-c2nccc3oc4ccccc4c23)cccc1-n1[c-][n+](-c2c(-c3ccccc3)cccc2-c2ccccc2)c2ccccc21. The minimum Gasteiger partial charge on any atom is -0.510 e. The van der Waals surface area contributed by atoms with Crippen LogP contribution in [0, 0.1) is 18.5 Å². The monoisotopic (exact) mass is 963 g/mol. The topological polar surface area (TPSA) is 49.0 Å². The van der Waals surface area contributed by atoms with Crippen molar-refractivity contribution in [3.63, 3.8) is 0 Å². The minimum absolute atomic E-state index is 0. The van der Waals surface area contributed by atoms with E-state index in [0.29, 0.717) is 11.5 Å². The summed E-state index contributed by atoms with van der Waals surface area (Å²) in [5, 5.41) is 4.11. The van der Waals surface area contributed by atoms with Gasteiger partial charge in [-0.3, -0.25) is 4.57 Å². The van der Waals surface area contributed by atoms with Gasteiger partial charge in [-0.2, -0.15) is 18.2 Å². The molecule has 6 nitrogen and oxygen atoms in total. The molecule has 0 unspecified atom stereocenters. The quantitative estimate of drug-likeness (QED) is 0.118. The molecule has 0 atom stereocenters. The first-order valence-electron chi connectivity index (χ1n) is 19.9. The van der Waals surface area contributed by atoms with Crippen molar-refractivity contribution in [2.75, 3.05) is 0 Å². The molecule has 0 bridgehead atoms. The van der Waals surface area contributed by atoms with Gasteiger partial charge < -0.3 is 18.3 Å². The molecule has 12 aromatic rings. The third-order valence-electron chi connectivity index (χ3n) is 11.2. The maximum atomic E-state index is 6.64. The van der Waals surface area contributed by atoms with E-state index in [1.54, 1.807) is 6.20 Å². The van der Waals surface area contributed by atoms with Gasteiger partial charge in [-0.1, -0.05) is 145 Å². The van der Waals surface area contributed by atoms with E-state index in [2.05, 4.69) is 172 Å². The molecule has 0 spiro atoms. The van der Waals surface area contributed by atoms with Crippen molar-refractivity contribution in [3.05, 3.63) is 213 Å². The van der Waals surface area contributed by atoms with Gasteiger partial charge in [0, 0.05) is 49.7 Å². The Balaban J connectivity index is 0.00000420. The number of aromatic nitrogens is 4. The van der Waals surface area contributed by atoms with Gasteiger partial charge in [0.15, 0.2) is 0 Å². The molecule has 61 heavy (non-hydrogen) atoms. The van der Waals surface area contributed by atoms with Crippen LogP contribution < -0.4 is 9.30 Å². The van der Waals surface area contributed by atoms with Crippen LogP contribution in [0.5, 0.6) is 11.5 Å². The summed E-state index contributed by atoms with van der Waals surface area (Å²) in [7, 11) is 0. The van der Waals surface area contributed by atoms with Gasteiger partial charge in [-0.15, -0.1) is 29.7 Å². The second kappa shape index (κ2) is 14.9. The molecule has 0 aliphatic carbocycles. The van der Waals surface area contributed by atoms with E-state index in [4.69, 9.17) is 14.1 Å². The number of fused-ring (bicyclic) bond motifs is 7. The molecular formula is C54H32N4O2Pt-2. The average molecular weight is 964 g/mol. The van der Waals surface area contributed by atoms with Crippen molar-refractivity contribution in [1.29, 1.82) is 0 Å². The largest absolute Gasteiger partial charge is 0.510 e. The first-order chi connectivity index (χ1) is 29.8. The molecule has 4 heterocycles. The van der Waals surface area contributed by atoms with Crippen molar-refractivity contribution in [1.82, 2.24) is 14.1 Å². The number of para-hydroxylation sites is 5. The summed E-state index contributed by atoms with van der Waals surface area (Å²) < 4.78 is 19.3. The van der Waals surface area contributed by atoms with Gasteiger partial charge in [0.2, 0.25) is 0 Å². The summed E-state index contributed by atoms with van der Waals surface area (Å²) in [6, 6.07) is 71.6. The third kappa shape index (κ3) is 6.06. The predicted octanol–water partition coefficient (Wildman–Crippen LogP) is 12.8. The van der Waals surface area contributed by atoms with E-state index in [9.17, 15) is 0 Å². The molecule has 12 rings (SSSR count). The zero-order valence-corrected chi connectivity index (χ0v) is 34.7. The molecule has 0 aliphatic rings. The Morgan fingerprint density at radius 1 is 0.525 bits per heavy atom. The van der Waals surface area contributed by atoms with Crippen LogP contribution >= 0.6 is 0 Å². The van der Waals surface area contributed by atoms with Crippen molar-refractivity contribution >= 4 is 54.8 Å². The number of benzene rings is 8. The Hall–Kier alpha value is -7.53. The standard InChI is InChI=1S/C54H32N4O2.Pt/c1-3-15-36(16-4-1)41-23-14-24-42(37-17-5-2-6-18-37)53(41)57-35-56(47-26-10-11-27-48(47)57)38-19-13-20-39(33-38)59-40-29-30-44-43-21-7-9-25-46(43)58(49(44)34-40)54-52-45-22-8-12-28-50(45)60-51(52)31-32-55-54;/h1-32H;/q-2;. The summed E-state index contributed by atoms with van der Waals surface area (Å²) in [6.07, 6.45) is 5.55. The van der Waals surface area contributed by atoms with Gasteiger partial charge in [0.25, 0.3) is 6.33 Å². The van der Waals surface area contributed by atoms with E-state index in [1.165, 1.54) is 0 Å². The van der Waals surface area contributed by atoms with E-state index in [1.807, 2.05) is 48.5 Å². The van der Waals surface area contributed by atoms with E-state index < -0.39 is 0 Å². The zero-order chi connectivity index (χ0) is 39.6. The van der Waals surface area contributed by atoms with E-state index in [0.717, 1.165) is 94.2 Å². The molecule has 0 amide bonds. The normalized spacial score (nSPS) is 11.5. The van der Waals surface area contributed by atoms with Crippen LogP contribution in [0.1, 0.15) is 0 Å². The minimum atomic E-state index is 0. The fourth-order valence-corrected chi connectivity index (χ4v) is 8.61. The number of furan rings is 1. The van der Waals surface area contributed by atoms with Crippen LogP contribution in [0.4, 0.5) is 0 Å². The number of pyridine rings is 1. The summed E-state index contributed by atoms with van der Waals surface area (Å²) in [4.78, 5) is 4.95. The smallest absolute Gasteiger partial charge is 0.268 e. The summed E-state index contributed by atoms with van der Waals surface area (Å²) >= 11 is 0. The van der Waals surface area contributed by atoms with Crippen LogP contribution in [0.2, 0.25) is 0 Å². The molecule has 8 aromatic carbocycles. The Kier molecular flexibility index (Phi) is 8.95. The average Bonchev–Trinajstić information content (AvgIpc) is 3.99. The predicted molar refractivity (Wildman–Crippen MR) is 238 cm³/mol. The van der Waals surface area contributed by atoms with Gasteiger partial charge in [-0.05, 0) is 51.5 Å². The summed E-state index contributed by atoms with van der Waals surface area (Å²) in [6.45, 7) is 0. The van der Waals surface area contributed by atoms with Gasteiger partial charge in [-0.25, -0.2) is 4.98 Å². The molecule has 0 N–H and O–H groups in total. The van der Waals surface area contributed by atoms with Crippen LogP contribution in [-0.4, -0.2) is 14.1 Å². The Morgan fingerprint density at radius 3 is 1.97 bits per heavy atom. The zero-order valence-electron chi connectivity index (χ0n) is 32.4. The number of ether oxygens (including phenoxy) is 1. The van der Waals surface area contributed by atoms with Crippen molar-refractivity contribution in [3.8, 4) is 50.9 Å². The van der Waals surface area contributed by atoms with Crippen LogP contribution in [0.25, 0.3) is 94.2 Å². The number of rotatable bonds is 7. The number of hydrogen-bond acceptors (Lipinski definition) is 3. The van der Waals surface area contributed by atoms with Crippen molar-refractivity contribution in [2.45, 2.75) is 0 Å². The first-order valence-corrected chi connectivity index (χ1v) is 19.9. The Labute approximate surface area is 365 Å². The van der Waals surface area contributed by atoms with Gasteiger partial charge >= 0.3 is 0 Å². The second-order valence-corrected chi connectivity index (χ2v) is 14.7. The molecule has 7 heteroatoms. The molecule has 292 valence electrons. The van der Waals surface area contributed by atoms with Crippen molar-refractivity contribution in [2.24, 2.45) is 0 Å². The Morgan fingerprint density at radius 2 is 1.18 bits per heavy atom. The van der Waals surface area contributed by atoms with E-state index >= 15 is 0 Å². The Bertz CT molecular complexity index is 3530. The third-order valence-corrected chi connectivity index (χ3v) is 11.2. The summed E-state index contributed by atoms with van der Waals surface area (Å²) in [5.41, 5.74) is 11.8. The molecule has 0 radical (unpaired) electrons. The molecule has 0 fully saturated rings. The molecule has 4 aromatic heterocycles. The molecule has 0 aliphatic heterocycles. The number of nitrogens with zero attached hydrogens (tertiary/aromatic N) is 4. The number of imidazole rings is 1. The van der Waals surface area contributed by atoms with Crippen LogP contribution in [-0.2, 0) is 21.1 Å². The molecule has 0 saturated carbocycles. The summed E-state index contributed by atoms with van der Waals surface area (Å²) in [5.74, 6) is 1.89. The van der Waals surface area contributed by atoms with Gasteiger partial charge in [0.05, 0.1) is 22.1 Å². The fourth-order valence-electron chi connectivity index (χ4n) is 8.61. The fraction of sp³-hybridized carbons (Fsp3) is 0. The molecule has 0 saturated heterocycles. The van der Waals surface area contributed by atoms with Crippen LogP contribution in [0.3, 0.4) is 0 Å². The maximum absolute atomic E-state index is 6.64. The maximum Gasteiger partial charge on any atom is 0.268 e. The van der Waals surface area contributed by atoms with Gasteiger partial charge in [0.1, 0.15) is 17.0 Å². The first kappa shape index (κ1) is 36.5. The second-order valence-electron chi connectivity index (χ2n) is 14.7. The van der Waals surface area contributed by atoms with Crippen molar-refractivity contribution < 1.29 is 34.8 Å². The number of hydrogen-bond donors (Lipinski definition) is 0. The van der Waals surface area contributed by atoms with Crippen LogP contribution in [0.15, 0.2) is 199 Å². The van der Waals surface area contributed by atoms with E-state index in [-0.39, 0.29) is 21.1 Å².